The molecule has 0 radical (unpaired) electrons. The van der Waals surface area contributed by atoms with E-state index in [-0.39, 0.29) is 5.91 Å². The fraction of sp³-hybridized carbons (Fsp3) is 0.286. The predicted octanol–water partition coefficient (Wildman–Crippen LogP) is 1.64. The Hall–Kier alpha value is -1.94. The van der Waals surface area contributed by atoms with Crippen molar-refractivity contribution in [3.05, 3.63) is 40.6 Å². The summed E-state index contributed by atoms with van der Waals surface area (Å²) in [5.74, 6) is 5.09. The minimum Gasteiger partial charge on any atom is -0.290 e. The number of amides is 1. The molecule has 0 fully saturated rings. The van der Waals surface area contributed by atoms with Gasteiger partial charge in [-0.15, -0.1) is 0 Å². The van der Waals surface area contributed by atoms with Crippen LogP contribution in [0.5, 0.6) is 0 Å². The molecule has 1 amide bonds. The topological polar surface area (TPSA) is 68.0 Å². The number of nitrogen functional groups attached to an aromatic ring is 1. The molecular formula is C14H15N3O. The lowest BCUT2D eigenvalue weighted by Gasteiger charge is -2.11. The summed E-state index contributed by atoms with van der Waals surface area (Å²) in [6, 6.07) is 5.99. The SMILES string of the molecule is Cc1ccc2nc3c(c(C(=O)NN)c2c1)CCC3. The van der Waals surface area contributed by atoms with E-state index in [2.05, 4.69) is 10.4 Å². The fourth-order valence-electron chi connectivity index (χ4n) is 2.71. The van der Waals surface area contributed by atoms with Gasteiger partial charge in [-0.2, -0.15) is 0 Å². The van der Waals surface area contributed by atoms with Gasteiger partial charge >= 0.3 is 0 Å². The largest absolute Gasteiger partial charge is 0.290 e. The minimum absolute atomic E-state index is 0.217. The molecule has 0 unspecified atom stereocenters. The molecule has 1 aromatic heterocycles. The van der Waals surface area contributed by atoms with E-state index in [1.807, 2.05) is 25.1 Å². The molecule has 3 N–H and O–H groups in total. The van der Waals surface area contributed by atoms with Crippen molar-refractivity contribution in [3.63, 3.8) is 0 Å². The zero-order chi connectivity index (χ0) is 12.7. The highest BCUT2D eigenvalue weighted by atomic mass is 16.2. The summed E-state index contributed by atoms with van der Waals surface area (Å²) in [7, 11) is 0. The molecule has 0 bridgehead atoms. The summed E-state index contributed by atoms with van der Waals surface area (Å²) in [5, 5.41) is 0.901. The van der Waals surface area contributed by atoms with Crippen molar-refractivity contribution in [1.82, 2.24) is 10.4 Å². The first kappa shape index (κ1) is 11.2. The first-order valence-corrected chi connectivity index (χ1v) is 6.14. The number of nitrogens with two attached hydrogens (primary N) is 1. The smallest absolute Gasteiger partial charge is 0.266 e. The molecule has 1 aliphatic carbocycles. The lowest BCUT2D eigenvalue weighted by Crippen LogP contribution is -2.31. The molecule has 0 spiro atoms. The number of hydrogen-bond donors (Lipinski definition) is 2. The predicted molar refractivity (Wildman–Crippen MR) is 70.2 cm³/mol. The summed E-state index contributed by atoms with van der Waals surface area (Å²) in [5.41, 5.74) is 7.07. The molecule has 92 valence electrons. The lowest BCUT2D eigenvalue weighted by molar-refractivity contribution is 0.0954. The molecule has 1 aliphatic rings. The van der Waals surface area contributed by atoms with Gasteiger partial charge in [-0.05, 0) is 43.9 Å². The van der Waals surface area contributed by atoms with Crippen molar-refractivity contribution < 1.29 is 4.79 Å². The third-order valence-electron chi connectivity index (χ3n) is 3.53. The second kappa shape index (κ2) is 4.07. The van der Waals surface area contributed by atoms with E-state index < -0.39 is 0 Å². The number of hydrazine groups is 1. The number of carbonyl (C=O) groups excluding carboxylic acids is 1. The quantitative estimate of drug-likeness (QED) is 0.453. The number of fused-ring (bicyclic) bond motifs is 2. The van der Waals surface area contributed by atoms with Crippen LogP contribution in [0.4, 0.5) is 0 Å². The summed E-state index contributed by atoms with van der Waals surface area (Å²) in [4.78, 5) is 16.7. The molecule has 0 aliphatic heterocycles. The zero-order valence-electron chi connectivity index (χ0n) is 10.3. The van der Waals surface area contributed by atoms with Gasteiger partial charge in [-0.1, -0.05) is 11.6 Å². The molecule has 3 rings (SSSR count). The van der Waals surface area contributed by atoms with Gasteiger partial charge in [-0.25, -0.2) is 5.84 Å². The van der Waals surface area contributed by atoms with Crippen LogP contribution in [0.25, 0.3) is 10.9 Å². The van der Waals surface area contributed by atoms with Gasteiger partial charge in [0.15, 0.2) is 0 Å². The van der Waals surface area contributed by atoms with Crippen molar-refractivity contribution in [2.45, 2.75) is 26.2 Å². The number of aryl methyl sites for hydroxylation is 2. The maximum Gasteiger partial charge on any atom is 0.266 e. The molecule has 1 aromatic carbocycles. The zero-order valence-corrected chi connectivity index (χ0v) is 10.3. The van der Waals surface area contributed by atoms with Gasteiger partial charge in [0.05, 0.1) is 11.1 Å². The number of nitrogens with one attached hydrogen (secondary N) is 1. The highest BCUT2D eigenvalue weighted by molar-refractivity contribution is 6.07. The average molecular weight is 241 g/mol. The third kappa shape index (κ3) is 1.57. The van der Waals surface area contributed by atoms with Gasteiger partial charge in [-0.3, -0.25) is 15.2 Å². The van der Waals surface area contributed by atoms with Crippen LogP contribution in [0.2, 0.25) is 0 Å². The maximum absolute atomic E-state index is 12.0. The maximum atomic E-state index is 12.0. The Morgan fingerprint density at radius 1 is 1.39 bits per heavy atom. The van der Waals surface area contributed by atoms with Crippen LogP contribution in [0, 0.1) is 6.92 Å². The Balaban J connectivity index is 2.40. The first-order chi connectivity index (χ1) is 8.70. The van der Waals surface area contributed by atoms with Crippen LogP contribution in [-0.2, 0) is 12.8 Å². The van der Waals surface area contributed by atoms with Gasteiger partial charge in [0.2, 0.25) is 0 Å². The molecule has 2 aromatic rings. The molecule has 4 heteroatoms. The molecule has 4 nitrogen and oxygen atoms in total. The van der Waals surface area contributed by atoms with Crippen molar-refractivity contribution in [1.29, 1.82) is 0 Å². The number of rotatable bonds is 1. The number of nitrogens with zero attached hydrogens (tertiary/aromatic N) is 1. The molecule has 18 heavy (non-hydrogen) atoms. The highest BCUT2D eigenvalue weighted by Gasteiger charge is 2.23. The van der Waals surface area contributed by atoms with Crippen molar-refractivity contribution >= 4 is 16.8 Å². The summed E-state index contributed by atoms with van der Waals surface area (Å²) < 4.78 is 0. The normalized spacial score (nSPS) is 13.7. The molecular weight excluding hydrogens is 226 g/mol. The summed E-state index contributed by atoms with van der Waals surface area (Å²) in [6.45, 7) is 2.01. The Labute approximate surface area is 105 Å². The van der Waals surface area contributed by atoms with Crippen LogP contribution in [0.1, 0.15) is 33.6 Å². The van der Waals surface area contributed by atoms with Gasteiger partial charge in [0.25, 0.3) is 5.91 Å². The Morgan fingerprint density at radius 3 is 3.00 bits per heavy atom. The Bertz CT molecular complexity index is 649. The van der Waals surface area contributed by atoms with E-state index in [0.29, 0.717) is 5.56 Å². The van der Waals surface area contributed by atoms with E-state index >= 15 is 0 Å². The van der Waals surface area contributed by atoms with Crippen molar-refractivity contribution in [3.8, 4) is 0 Å². The second-order valence-electron chi connectivity index (χ2n) is 4.76. The second-order valence-corrected chi connectivity index (χ2v) is 4.76. The monoisotopic (exact) mass is 241 g/mol. The van der Waals surface area contributed by atoms with E-state index in [4.69, 9.17) is 5.84 Å². The Morgan fingerprint density at radius 2 is 2.22 bits per heavy atom. The lowest BCUT2D eigenvalue weighted by atomic mass is 9.99. The molecule has 0 saturated heterocycles. The van der Waals surface area contributed by atoms with Crippen LogP contribution < -0.4 is 11.3 Å². The average Bonchev–Trinajstić information content (AvgIpc) is 2.82. The molecule has 0 atom stereocenters. The van der Waals surface area contributed by atoms with E-state index in [1.165, 1.54) is 0 Å². The van der Waals surface area contributed by atoms with Crippen molar-refractivity contribution in [2.24, 2.45) is 5.84 Å². The molecule has 0 saturated carbocycles. The number of pyridine rings is 1. The number of carbonyl (C=O) groups is 1. The summed E-state index contributed by atoms with van der Waals surface area (Å²) in [6.07, 6.45) is 2.92. The van der Waals surface area contributed by atoms with Gasteiger partial charge < -0.3 is 0 Å². The first-order valence-electron chi connectivity index (χ1n) is 6.14. The van der Waals surface area contributed by atoms with Crippen LogP contribution in [-0.4, -0.2) is 10.9 Å². The van der Waals surface area contributed by atoms with Crippen LogP contribution in [0.15, 0.2) is 18.2 Å². The Kier molecular flexibility index (Phi) is 2.52. The van der Waals surface area contributed by atoms with E-state index in [1.54, 1.807) is 0 Å². The van der Waals surface area contributed by atoms with Crippen LogP contribution in [0.3, 0.4) is 0 Å². The summed E-state index contributed by atoms with van der Waals surface area (Å²) >= 11 is 0. The van der Waals surface area contributed by atoms with Crippen molar-refractivity contribution in [2.75, 3.05) is 0 Å². The number of benzene rings is 1. The fourth-order valence-corrected chi connectivity index (χ4v) is 2.71. The van der Waals surface area contributed by atoms with Gasteiger partial charge in [0.1, 0.15) is 0 Å². The van der Waals surface area contributed by atoms with E-state index in [9.17, 15) is 4.79 Å². The highest BCUT2D eigenvalue weighted by Crippen LogP contribution is 2.30. The van der Waals surface area contributed by atoms with Gasteiger partial charge in [0, 0.05) is 11.1 Å². The minimum atomic E-state index is -0.217. The number of aromatic nitrogens is 1. The molecule has 1 heterocycles. The number of hydrogen-bond acceptors (Lipinski definition) is 3. The van der Waals surface area contributed by atoms with Crippen LogP contribution >= 0.6 is 0 Å². The third-order valence-corrected chi connectivity index (χ3v) is 3.53. The standard InChI is InChI=1S/C14H15N3O/c1-8-5-6-12-10(7-8)13(14(18)17-15)9-3-2-4-11(9)16-12/h5-7H,2-4,15H2,1H3,(H,17,18). The van der Waals surface area contributed by atoms with E-state index in [0.717, 1.165) is 47.0 Å².